The summed E-state index contributed by atoms with van der Waals surface area (Å²) in [6.07, 6.45) is 7.36. The third-order valence-electron chi connectivity index (χ3n) is 4.14. The maximum Gasteiger partial charge on any atom is 0.308 e. The smallest absolute Gasteiger partial charge is 0.308 e. The van der Waals surface area contributed by atoms with Crippen LogP contribution in [0.5, 0.6) is 0 Å². The van der Waals surface area contributed by atoms with Gasteiger partial charge in [0.25, 0.3) is 0 Å². The topological polar surface area (TPSA) is 40.5 Å². The maximum atomic E-state index is 10.9. The number of carboxylic acid groups (broad SMARTS) is 1. The predicted octanol–water partition coefficient (Wildman–Crippen LogP) is 1.97. The van der Waals surface area contributed by atoms with E-state index in [1.54, 1.807) is 0 Å². The van der Waals surface area contributed by atoms with E-state index in [9.17, 15) is 4.79 Å². The number of nitrogens with zero attached hydrogens (tertiary/aromatic N) is 1. The summed E-state index contributed by atoms with van der Waals surface area (Å²) in [6, 6.07) is 0.308. The molecule has 3 heteroatoms. The van der Waals surface area contributed by atoms with Gasteiger partial charge in [-0.25, -0.2) is 0 Å². The van der Waals surface area contributed by atoms with Crippen molar-refractivity contribution in [1.29, 1.82) is 0 Å². The first-order valence-electron chi connectivity index (χ1n) is 6.11. The fraction of sp³-hybridized carbons (Fsp3) is 0.917. The third kappa shape index (κ3) is 2.33. The van der Waals surface area contributed by atoms with Gasteiger partial charge in [-0.15, -0.1) is 0 Å². The molecular weight excluding hydrogens is 190 g/mol. The van der Waals surface area contributed by atoms with Crippen LogP contribution in [0.2, 0.25) is 0 Å². The van der Waals surface area contributed by atoms with Crippen LogP contribution in [0.25, 0.3) is 0 Å². The van der Waals surface area contributed by atoms with Crippen LogP contribution in [0.4, 0.5) is 0 Å². The largest absolute Gasteiger partial charge is 0.481 e. The number of hydrogen-bond donors (Lipinski definition) is 1. The Bertz CT molecular complexity index is 236. The van der Waals surface area contributed by atoms with Crippen LogP contribution < -0.4 is 0 Å². The van der Waals surface area contributed by atoms with Gasteiger partial charge in [-0.2, -0.15) is 0 Å². The monoisotopic (exact) mass is 211 g/mol. The number of carbonyl (C=O) groups is 1. The molecule has 0 aliphatic heterocycles. The van der Waals surface area contributed by atoms with Crippen molar-refractivity contribution in [2.45, 2.75) is 44.6 Å². The molecule has 0 saturated heterocycles. The molecule has 1 N–H and O–H groups in total. The van der Waals surface area contributed by atoms with E-state index in [0.29, 0.717) is 6.04 Å². The normalized spacial score (nSPS) is 31.9. The molecule has 0 amide bonds. The van der Waals surface area contributed by atoms with Crippen molar-refractivity contribution in [1.82, 2.24) is 4.90 Å². The fourth-order valence-corrected chi connectivity index (χ4v) is 3.03. The van der Waals surface area contributed by atoms with Gasteiger partial charge in [-0.1, -0.05) is 12.8 Å². The maximum absolute atomic E-state index is 10.9. The van der Waals surface area contributed by atoms with Crippen molar-refractivity contribution in [3.05, 3.63) is 0 Å². The first-order chi connectivity index (χ1) is 7.18. The highest BCUT2D eigenvalue weighted by atomic mass is 16.4. The van der Waals surface area contributed by atoms with Crippen LogP contribution in [0.15, 0.2) is 0 Å². The molecule has 0 bridgehead atoms. The number of aliphatic carboxylic acids is 1. The van der Waals surface area contributed by atoms with E-state index in [2.05, 4.69) is 11.9 Å². The molecule has 2 rings (SSSR count). The highest BCUT2D eigenvalue weighted by molar-refractivity contribution is 5.72. The summed E-state index contributed by atoms with van der Waals surface area (Å²) < 4.78 is 0. The molecule has 3 nitrogen and oxygen atoms in total. The highest BCUT2D eigenvalue weighted by Gasteiger charge is 2.39. The number of hydrogen-bond acceptors (Lipinski definition) is 2. The molecule has 0 aromatic heterocycles. The van der Waals surface area contributed by atoms with Gasteiger partial charge in [0, 0.05) is 12.6 Å². The Kier molecular flexibility index (Phi) is 3.29. The van der Waals surface area contributed by atoms with E-state index < -0.39 is 5.97 Å². The summed E-state index contributed by atoms with van der Waals surface area (Å²) in [4.78, 5) is 13.2. The van der Waals surface area contributed by atoms with Gasteiger partial charge in [-0.05, 0) is 38.6 Å². The zero-order chi connectivity index (χ0) is 10.8. The lowest BCUT2D eigenvalue weighted by molar-refractivity contribution is -0.148. The zero-order valence-corrected chi connectivity index (χ0v) is 9.48. The first-order valence-corrected chi connectivity index (χ1v) is 6.11. The summed E-state index contributed by atoms with van der Waals surface area (Å²) in [7, 11) is 2.10. The summed E-state index contributed by atoms with van der Waals surface area (Å²) >= 11 is 0. The first kappa shape index (κ1) is 10.9. The molecule has 0 radical (unpaired) electrons. The van der Waals surface area contributed by atoms with Crippen LogP contribution >= 0.6 is 0 Å². The van der Waals surface area contributed by atoms with E-state index in [0.717, 1.165) is 25.3 Å². The van der Waals surface area contributed by atoms with Gasteiger partial charge in [0.05, 0.1) is 5.92 Å². The Hall–Kier alpha value is -0.570. The van der Waals surface area contributed by atoms with E-state index in [1.165, 1.54) is 25.7 Å². The van der Waals surface area contributed by atoms with Gasteiger partial charge < -0.3 is 10.0 Å². The summed E-state index contributed by atoms with van der Waals surface area (Å²) in [5.74, 6) is 0.117. The quantitative estimate of drug-likeness (QED) is 0.773. The van der Waals surface area contributed by atoms with Crippen molar-refractivity contribution in [3.8, 4) is 0 Å². The average Bonchev–Trinajstić information content (AvgIpc) is 2.52. The van der Waals surface area contributed by atoms with Crippen molar-refractivity contribution in [2.75, 3.05) is 13.6 Å². The van der Waals surface area contributed by atoms with Crippen molar-refractivity contribution < 1.29 is 9.90 Å². The Balaban J connectivity index is 1.80. The fourth-order valence-electron chi connectivity index (χ4n) is 3.03. The lowest BCUT2D eigenvalue weighted by Crippen LogP contribution is -2.49. The van der Waals surface area contributed by atoms with E-state index in [-0.39, 0.29) is 5.92 Å². The van der Waals surface area contributed by atoms with E-state index in [4.69, 9.17) is 5.11 Å². The van der Waals surface area contributed by atoms with E-state index >= 15 is 0 Å². The van der Waals surface area contributed by atoms with Gasteiger partial charge in [0.15, 0.2) is 0 Å². The Morgan fingerprint density at radius 1 is 1.27 bits per heavy atom. The SMILES string of the molecule is CN(CC1CCCC1)C1CCC1C(=O)O. The van der Waals surface area contributed by atoms with Gasteiger partial charge >= 0.3 is 5.97 Å². The second-order valence-electron chi connectivity index (χ2n) is 5.18. The highest BCUT2D eigenvalue weighted by Crippen LogP contribution is 2.33. The lowest BCUT2D eigenvalue weighted by Gasteiger charge is -2.41. The molecule has 0 aromatic rings. The second kappa shape index (κ2) is 4.52. The molecule has 15 heavy (non-hydrogen) atoms. The summed E-state index contributed by atoms with van der Waals surface area (Å²) in [5.41, 5.74) is 0. The van der Waals surface area contributed by atoms with Crippen LogP contribution in [-0.4, -0.2) is 35.6 Å². The molecule has 2 aliphatic carbocycles. The van der Waals surface area contributed by atoms with Crippen LogP contribution in [0, 0.1) is 11.8 Å². The van der Waals surface area contributed by atoms with Gasteiger partial charge in [-0.3, -0.25) is 4.79 Å². The third-order valence-corrected chi connectivity index (χ3v) is 4.14. The standard InChI is InChI=1S/C12H21NO2/c1-13(8-9-4-2-3-5-9)11-7-6-10(11)12(14)15/h9-11H,2-8H2,1H3,(H,14,15). The Labute approximate surface area is 91.5 Å². The molecule has 86 valence electrons. The van der Waals surface area contributed by atoms with Crippen LogP contribution in [-0.2, 0) is 4.79 Å². The van der Waals surface area contributed by atoms with Gasteiger partial charge in [0.1, 0.15) is 0 Å². The van der Waals surface area contributed by atoms with Crippen molar-refractivity contribution in [2.24, 2.45) is 11.8 Å². The minimum atomic E-state index is -0.607. The molecule has 2 atom stereocenters. The molecule has 0 aromatic carbocycles. The molecular formula is C12H21NO2. The summed E-state index contributed by atoms with van der Waals surface area (Å²) in [6.45, 7) is 1.11. The minimum absolute atomic E-state index is 0.101. The predicted molar refractivity (Wildman–Crippen MR) is 58.7 cm³/mol. The molecule has 2 fully saturated rings. The molecule has 0 spiro atoms. The van der Waals surface area contributed by atoms with Crippen molar-refractivity contribution >= 4 is 5.97 Å². The van der Waals surface area contributed by atoms with Gasteiger partial charge in [0.2, 0.25) is 0 Å². The Morgan fingerprint density at radius 2 is 1.93 bits per heavy atom. The van der Waals surface area contributed by atoms with E-state index in [1.807, 2.05) is 0 Å². The molecule has 2 saturated carbocycles. The second-order valence-corrected chi connectivity index (χ2v) is 5.18. The minimum Gasteiger partial charge on any atom is -0.481 e. The lowest BCUT2D eigenvalue weighted by atomic mass is 9.78. The zero-order valence-electron chi connectivity index (χ0n) is 9.48. The molecule has 2 aliphatic rings. The summed E-state index contributed by atoms with van der Waals surface area (Å²) in [5, 5.41) is 8.99. The average molecular weight is 211 g/mol. The number of carboxylic acids is 1. The molecule has 2 unspecified atom stereocenters. The van der Waals surface area contributed by atoms with Crippen LogP contribution in [0.3, 0.4) is 0 Å². The molecule has 0 heterocycles. The number of rotatable bonds is 4. The Morgan fingerprint density at radius 3 is 2.40 bits per heavy atom. The van der Waals surface area contributed by atoms with Crippen molar-refractivity contribution in [3.63, 3.8) is 0 Å². The van der Waals surface area contributed by atoms with Crippen LogP contribution in [0.1, 0.15) is 38.5 Å².